The van der Waals surface area contributed by atoms with E-state index >= 15 is 0 Å². The Morgan fingerprint density at radius 3 is 2.24 bits per heavy atom. The monoisotopic (exact) mass is 520 g/mol. The van der Waals surface area contributed by atoms with Gasteiger partial charge in [0.15, 0.2) is 0 Å². The number of hydrogen-bond donors (Lipinski definition) is 1. The summed E-state index contributed by atoms with van der Waals surface area (Å²) in [6, 6.07) is 12.0. The zero-order valence-electron chi connectivity index (χ0n) is 23.2. The maximum atomic E-state index is 11.9. The number of phenolic OH excluding ortho intramolecular Hbond substituents is 1. The number of esters is 1. The molecule has 1 aliphatic heterocycles. The quantitative estimate of drug-likeness (QED) is 0.358. The van der Waals surface area contributed by atoms with Crippen LogP contribution >= 0.6 is 11.3 Å². The molecule has 0 radical (unpaired) electrons. The number of carbonyl (C=O) groups is 1. The number of ether oxygens (including phenoxy) is 1. The first-order chi connectivity index (χ1) is 17.4. The van der Waals surface area contributed by atoms with Crippen LogP contribution in [0.5, 0.6) is 5.75 Å². The molecule has 0 atom stereocenters. The second-order valence-corrected chi connectivity index (χ2v) is 13.1. The van der Waals surface area contributed by atoms with E-state index in [9.17, 15) is 9.90 Å². The molecule has 3 aromatic rings. The van der Waals surface area contributed by atoms with Gasteiger partial charge in [-0.05, 0) is 66.6 Å². The van der Waals surface area contributed by atoms with Gasteiger partial charge in [-0.25, -0.2) is 9.78 Å². The number of aromatic nitrogens is 1. The summed E-state index contributed by atoms with van der Waals surface area (Å²) in [5, 5.41) is 14.5. The SMILES string of the molecule is COC(=O)c1cccc(CN2CCC(c3nc(-c4cc(C(C)(C)C)c(O)c(C(C)(C)C)c4)cs3)CC2)c1. The average molecular weight is 521 g/mol. The van der Waals surface area contributed by atoms with Crippen LogP contribution in [0, 0.1) is 0 Å². The molecule has 6 heteroatoms. The number of benzene rings is 2. The molecule has 1 N–H and O–H groups in total. The maximum absolute atomic E-state index is 11.9. The van der Waals surface area contributed by atoms with Crippen LogP contribution in [-0.4, -0.2) is 41.2 Å². The van der Waals surface area contributed by atoms with Crippen LogP contribution in [0.4, 0.5) is 0 Å². The lowest BCUT2D eigenvalue weighted by Crippen LogP contribution is -2.32. The fraction of sp³-hybridized carbons (Fsp3) is 0.484. The minimum Gasteiger partial charge on any atom is -0.507 e. The molecule has 2 aromatic carbocycles. The predicted octanol–water partition coefficient (Wildman–Crippen LogP) is 7.28. The largest absolute Gasteiger partial charge is 0.507 e. The Bertz CT molecular complexity index is 1220. The van der Waals surface area contributed by atoms with Crippen molar-refractivity contribution >= 4 is 17.3 Å². The standard InChI is InChI=1S/C31H40N2O3S/c1-30(2,3)24-16-23(17-25(27(24)34)31(4,5)6)26-19-37-28(32-26)21-11-13-33(14-12-21)18-20-9-8-10-22(15-20)29(35)36-7/h8-10,15-17,19,21,34H,11-14,18H2,1-7H3. The highest BCUT2D eigenvalue weighted by Gasteiger charge is 2.28. The first-order valence-electron chi connectivity index (χ1n) is 13.1. The summed E-state index contributed by atoms with van der Waals surface area (Å²) in [6.07, 6.45) is 2.14. The fourth-order valence-corrected chi connectivity index (χ4v) is 6.04. The lowest BCUT2D eigenvalue weighted by atomic mass is 9.78. The van der Waals surface area contributed by atoms with Crippen LogP contribution in [0.1, 0.15) is 92.4 Å². The summed E-state index contributed by atoms with van der Waals surface area (Å²) >= 11 is 1.75. The van der Waals surface area contributed by atoms with E-state index in [1.807, 2.05) is 12.1 Å². The molecule has 37 heavy (non-hydrogen) atoms. The van der Waals surface area contributed by atoms with E-state index in [1.165, 1.54) is 12.1 Å². The van der Waals surface area contributed by atoms with Crippen molar-refractivity contribution in [2.75, 3.05) is 20.2 Å². The molecular formula is C31H40N2O3S. The van der Waals surface area contributed by atoms with Gasteiger partial charge in [0, 0.05) is 34.5 Å². The molecule has 1 aromatic heterocycles. The number of nitrogens with zero attached hydrogens (tertiary/aromatic N) is 2. The molecule has 0 saturated carbocycles. The van der Waals surface area contributed by atoms with Crippen molar-refractivity contribution in [3.05, 3.63) is 69.0 Å². The van der Waals surface area contributed by atoms with E-state index in [2.05, 4.69) is 70.0 Å². The Kier molecular flexibility index (Phi) is 7.82. The van der Waals surface area contributed by atoms with Gasteiger partial charge in [0.1, 0.15) is 5.75 Å². The molecule has 2 heterocycles. The number of thiazole rings is 1. The van der Waals surface area contributed by atoms with Gasteiger partial charge >= 0.3 is 5.97 Å². The van der Waals surface area contributed by atoms with Crippen molar-refractivity contribution in [3.8, 4) is 17.0 Å². The Balaban J connectivity index is 1.48. The van der Waals surface area contributed by atoms with Crippen molar-refractivity contribution in [3.63, 3.8) is 0 Å². The highest BCUT2D eigenvalue weighted by molar-refractivity contribution is 7.10. The zero-order chi connectivity index (χ0) is 27.0. The minimum absolute atomic E-state index is 0.165. The number of likely N-dealkylation sites (tertiary alicyclic amines) is 1. The van der Waals surface area contributed by atoms with E-state index in [-0.39, 0.29) is 16.8 Å². The van der Waals surface area contributed by atoms with Crippen molar-refractivity contribution < 1.29 is 14.6 Å². The highest BCUT2D eigenvalue weighted by Crippen LogP contribution is 2.42. The van der Waals surface area contributed by atoms with E-state index in [0.717, 1.165) is 60.4 Å². The Morgan fingerprint density at radius 2 is 1.68 bits per heavy atom. The van der Waals surface area contributed by atoms with Crippen LogP contribution in [0.3, 0.4) is 0 Å². The summed E-state index contributed by atoms with van der Waals surface area (Å²) in [4.78, 5) is 19.4. The molecule has 5 nitrogen and oxygen atoms in total. The van der Waals surface area contributed by atoms with E-state index in [4.69, 9.17) is 9.72 Å². The van der Waals surface area contributed by atoms with E-state index < -0.39 is 0 Å². The van der Waals surface area contributed by atoms with E-state index in [0.29, 0.717) is 17.2 Å². The first kappa shape index (κ1) is 27.3. The van der Waals surface area contributed by atoms with Crippen LogP contribution in [0.15, 0.2) is 41.8 Å². The molecule has 0 spiro atoms. The van der Waals surface area contributed by atoms with Gasteiger partial charge in [-0.2, -0.15) is 0 Å². The Labute approximate surface area is 225 Å². The third-order valence-corrected chi connectivity index (χ3v) is 8.24. The van der Waals surface area contributed by atoms with Crippen LogP contribution in [0.2, 0.25) is 0 Å². The summed E-state index contributed by atoms with van der Waals surface area (Å²) in [5.41, 5.74) is 5.42. The van der Waals surface area contributed by atoms with E-state index in [1.54, 1.807) is 17.4 Å². The number of aromatic hydroxyl groups is 1. The predicted molar refractivity (Wildman–Crippen MR) is 152 cm³/mol. The molecule has 4 rings (SSSR count). The minimum atomic E-state index is -0.294. The van der Waals surface area contributed by atoms with Crippen LogP contribution < -0.4 is 0 Å². The van der Waals surface area contributed by atoms with Crippen LogP contribution in [0.25, 0.3) is 11.3 Å². The van der Waals surface area contributed by atoms with Crippen molar-refractivity contribution in [1.82, 2.24) is 9.88 Å². The molecule has 0 unspecified atom stereocenters. The second kappa shape index (κ2) is 10.6. The van der Waals surface area contributed by atoms with Gasteiger partial charge in [0.05, 0.1) is 23.4 Å². The number of hydrogen-bond acceptors (Lipinski definition) is 6. The van der Waals surface area contributed by atoms with Crippen molar-refractivity contribution in [2.45, 2.75) is 77.7 Å². The summed E-state index contributed by atoms with van der Waals surface area (Å²) < 4.78 is 4.86. The fourth-order valence-electron chi connectivity index (χ4n) is 5.04. The molecule has 198 valence electrons. The number of carbonyl (C=O) groups excluding carboxylic acids is 1. The normalized spacial score (nSPS) is 15.6. The molecule has 1 fully saturated rings. The third-order valence-electron chi connectivity index (χ3n) is 7.23. The molecule has 0 amide bonds. The molecular weight excluding hydrogens is 480 g/mol. The lowest BCUT2D eigenvalue weighted by molar-refractivity contribution is 0.0600. The average Bonchev–Trinajstić information content (AvgIpc) is 3.33. The van der Waals surface area contributed by atoms with Gasteiger partial charge in [0.2, 0.25) is 0 Å². The van der Waals surface area contributed by atoms with Gasteiger partial charge < -0.3 is 9.84 Å². The van der Waals surface area contributed by atoms with Crippen LogP contribution in [-0.2, 0) is 22.1 Å². The molecule has 0 aliphatic carbocycles. The van der Waals surface area contributed by atoms with Gasteiger partial charge in [-0.15, -0.1) is 11.3 Å². The summed E-state index contributed by atoms with van der Waals surface area (Å²) in [5.74, 6) is 0.569. The lowest BCUT2D eigenvalue weighted by Gasteiger charge is -2.31. The number of phenols is 1. The zero-order valence-corrected chi connectivity index (χ0v) is 24.0. The highest BCUT2D eigenvalue weighted by atomic mass is 32.1. The Hall–Kier alpha value is -2.70. The second-order valence-electron chi connectivity index (χ2n) is 12.2. The van der Waals surface area contributed by atoms with Crippen molar-refractivity contribution in [2.24, 2.45) is 0 Å². The summed E-state index contributed by atoms with van der Waals surface area (Å²) in [7, 11) is 1.42. The van der Waals surface area contributed by atoms with Gasteiger partial charge in [-0.3, -0.25) is 4.90 Å². The smallest absolute Gasteiger partial charge is 0.337 e. The molecule has 1 aliphatic rings. The first-order valence-corrected chi connectivity index (χ1v) is 14.0. The Morgan fingerprint density at radius 1 is 1.05 bits per heavy atom. The van der Waals surface area contributed by atoms with Crippen molar-refractivity contribution in [1.29, 1.82) is 0 Å². The number of rotatable bonds is 5. The number of piperidine rings is 1. The van der Waals surface area contributed by atoms with Gasteiger partial charge in [-0.1, -0.05) is 53.7 Å². The molecule has 0 bridgehead atoms. The maximum Gasteiger partial charge on any atom is 0.337 e. The summed E-state index contributed by atoms with van der Waals surface area (Å²) in [6.45, 7) is 15.7. The number of methoxy groups -OCH3 is 1. The van der Waals surface area contributed by atoms with Gasteiger partial charge in [0.25, 0.3) is 0 Å². The third kappa shape index (κ3) is 6.24. The molecule has 1 saturated heterocycles. The topological polar surface area (TPSA) is 62.7 Å².